The topological polar surface area (TPSA) is 3.88 Å². The second-order valence-corrected chi connectivity index (χ2v) is 9.91. The quantitative estimate of drug-likeness (QED) is 0.352. The molecule has 0 saturated heterocycles. The molecule has 1 nitrogen and oxygen atoms in total. The molecule has 2 aromatic carbocycles. The zero-order valence-electron chi connectivity index (χ0n) is 20.3. The Kier molecular flexibility index (Phi) is 6.06. The minimum absolute atomic E-state index is 0.00434. The van der Waals surface area contributed by atoms with Gasteiger partial charge in [0.2, 0.25) is 5.69 Å². The van der Waals surface area contributed by atoms with Gasteiger partial charge in [-0.1, -0.05) is 70.9 Å². The summed E-state index contributed by atoms with van der Waals surface area (Å²) in [5, 5.41) is 2.79. The van der Waals surface area contributed by atoms with Gasteiger partial charge in [0.05, 0.1) is 0 Å². The summed E-state index contributed by atoms with van der Waals surface area (Å²) in [5.74, 6) is 0. The molecule has 0 unspecified atom stereocenters. The Hall–Kier alpha value is -2.41. The zero-order valence-corrected chi connectivity index (χ0v) is 20.3. The van der Waals surface area contributed by atoms with Gasteiger partial charge in [-0.3, -0.25) is 0 Å². The Labute approximate surface area is 188 Å². The number of unbranched alkanes of at least 4 members (excludes halogenated alkanes) is 2. The van der Waals surface area contributed by atoms with E-state index in [2.05, 4.69) is 94.9 Å². The largest absolute Gasteiger partial charge is 0.209 e. The van der Waals surface area contributed by atoms with Gasteiger partial charge in [-0.25, -0.2) is 4.57 Å². The number of fused-ring (bicyclic) bond motifs is 3. The molecule has 4 rings (SSSR count). The second kappa shape index (κ2) is 8.61. The molecular formula is C30H38N+. The molecule has 0 aliphatic heterocycles. The van der Waals surface area contributed by atoms with Crippen molar-refractivity contribution >= 4 is 21.9 Å². The summed E-state index contributed by atoms with van der Waals surface area (Å²) in [6, 6.07) is 16.6. The minimum atomic E-state index is -0.00434. The van der Waals surface area contributed by atoms with Crippen LogP contribution in [-0.2, 0) is 25.3 Å². The van der Waals surface area contributed by atoms with Crippen LogP contribution >= 0.6 is 0 Å². The molecule has 0 bridgehead atoms. The van der Waals surface area contributed by atoms with Gasteiger partial charge in [0.1, 0.15) is 7.05 Å². The molecule has 0 spiro atoms. The average Bonchev–Trinajstić information content (AvgIpc) is 2.97. The summed E-state index contributed by atoms with van der Waals surface area (Å²) in [6.07, 6.45) is 9.58. The normalized spacial score (nSPS) is 15.0. The molecule has 0 N–H and O–H groups in total. The molecular weight excluding hydrogens is 374 g/mol. The molecule has 1 heteroatoms. The van der Waals surface area contributed by atoms with Crippen molar-refractivity contribution in [3.8, 4) is 0 Å². The molecule has 1 heterocycles. The van der Waals surface area contributed by atoms with Crippen molar-refractivity contribution in [2.24, 2.45) is 7.05 Å². The summed E-state index contributed by atoms with van der Waals surface area (Å²) in [7, 11) is 2.19. The number of pyridine rings is 1. The molecule has 1 aromatic heterocycles. The fourth-order valence-corrected chi connectivity index (χ4v) is 5.48. The fourth-order valence-electron chi connectivity index (χ4n) is 5.48. The maximum Gasteiger partial charge on any atom is 0.209 e. The first-order valence-electron chi connectivity index (χ1n) is 12.1. The fraction of sp³-hybridized carbons (Fsp3) is 0.433. The number of aryl methyl sites for hydroxylation is 3. The van der Waals surface area contributed by atoms with Crippen LogP contribution in [0.2, 0.25) is 0 Å². The Bertz CT molecular complexity index is 1150. The lowest BCUT2D eigenvalue weighted by molar-refractivity contribution is -0.674. The second-order valence-electron chi connectivity index (χ2n) is 9.91. The maximum atomic E-state index is 2.44. The van der Waals surface area contributed by atoms with Gasteiger partial charge in [-0.15, -0.1) is 0 Å². The van der Waals surface area contributed by atoms with Crippen LogP contribution in [0.5, 0.6) is 0 Å². The van der Waals surface area contributed by atoms with Gasteiger partial charge in [-0.05, 0) is 71.2 Å². The standard InChI is InChI=1S/C30H38N/c1-7-9-11-22-13-15-25-24(19-22)14-16-26-28(25)21(3)29(30(26,4)5)27-20-23(12-10-8-2)17-18-31(27)6/h13-20H,7-12H2,1-6H3/q+1. The predicted molar refractivity (Wildman–Crippen MR) is 134 cm³/mol. The molecule has 1 aliphatic carbocycles. The summed E-state index contributed by atoms with van der Waals surface area (Å²) in [4.78, 5) is 0. The van der Waals surface area contributed by atoms with Gasteiger partial charge in [-0.2, -0.15) is 0 Å². The molecule has 0 amide bonds. The number of hydrogen-bond acceptors (Lipinski definition) is 0. The number of aromatic nitrogens is 1. The first-order valence-corrected chi connectivity index (χ1v) is 12.1. The highest BCUT2D eigenvalue weighted by molar-refractivity contribution is 6.08. The number of hydrogen-bond donors (Lipinski definition) is 0. The van der Waals surface area contributed by atoms with Gasteiger partial charge < -0.3 is 0 Å². The Morgan fingerprint density at radius 2 is 1.52 bits per heavy atom. The molecule has 3 aromatic rings. The molecule has 0 radical (unpaired) electrons. The molecule has 0 fully saturated rings. The van der Waals surface area contributed by atoms with Gasteiger partial charge in [0.25, 0.3) is 0 Å². The lowest BCUT2D eigenvalue weighted by Gasteiger charge is -2.24. The van der Waals surface area contributed by atoms with Crippen LogP contribution in [0, 0.1) is 0 Å². The van der Waals surface area contributed by atoms with Crippen molar-refractivity contribution in [3.05, 3.63) is 76.6 Å². The lowest BCUT2D eigenvalue weighted by Crippen LogP contribution is -2.35. The van der Waals surface area contributed by atoms with E-state index in [1.807, 2.05) is 0 Å². The molecule has 0 atom stereocenters. The molecule has 31 heavy (non-hydrogen) atoms. The van der Waals surface area contributed by atoms with Crippen LogP contribution in [-0.4, -0.2) is 0 Å². The molecule has 0 saturated carbocycles. The average molecular weight is 413 g/mol. The van der Waals surface area contributed by atoms with Crippen molar-refractivity contribution in [2.45, 2.75) is 78.6 Å². The summed E-state index contributed by atoms with van der Waals surface area (Å²) < 4.78 is 2.31. The number of nitrogens with zero attached hydrogens (tertiary/aromatic N) is 1. The highest BCUT2D eigenvalue weighted by atomic mass is 14.9. The Morgan fingerprint density at radius 3 is 2.19 bits per heavy atom. The monoisotopic (exact) mass is 412 g/mol. The Morgan fingerprint density at radius 1 is 0.839 bits per heavy atom. The third kappa shape index (κ3) is 3.84. The van der Waals surface area contributed by atoms with Gasteiger partial charge in [0, 0.05) is 23.1 Å². The van der Waals surface area contributed by atoms with Crippen LogP contribution in [0.4, 0.5) is 0 Å². The zero-order chi connectivity index (χ0) is 22.2. The SMILES string of the molecule is CCCCc1cc[n+](C)c(C2=C(C)c3c(ccc4cc(CCCC)ccc34)C2(C)C)c1. The van der Waals surface area contributed by atoms with Crippen molar-refractivity contribution in [1.29, 1.82) is 0 Å². The smallest absolute Gasteiger partial charge is 0.201 e. The van der Waals surface area contributed by atoms with Crippen LogP contribution in [0.15, 0.2) is 48.7 Å². The van der Waals surface area contributed by atoms with Crippen LogP contribution in [0.25, 0.3) is 21.9 Å². The van der Waals surface area contributed by atoms with E-state index in [9.17, 15) is 0 Å². The van der Waals surface area contributed by atoms with Gasteiger partial charge >= 0.3 is 0 Å². The predicted octanol–water partition coefficient (Wildman–Crippen LogP) is 7.57. The van der Waals surface area contributed by atoms with Crippen molar-refractivity contribution in [1.82, 2.24) is 0 Å². The minimum Gasteiger partial charge on any atom is -0.201 e. The van der Waals surface area contributed by atoms with Crippen LogP contribution < -0.4 is 4.57 Å². The van der Waals surface area contributed by atoms with E-state index in [4.69, 9.17) is 0 Å². The third-order valence-electron chi connectivity index (χ3n) is 7.24. The van der Waals surface area contributed by atoms with Crippen LogP contribution in [0.1, 0.15) is 88.2 Å². The number of rotatable bonds is 7. The summed E-state index contributed by atoms with van der Waals surface area (Å²) >= 11 is 0. The van der Waals surface area contributed by atoms with E-state index in [1.54, 1.807) is 0 Å². The van der Waals surface area contributed by atoms with E-state index < -0.39 is 0 Å². The van der Waals surface area contributed by atoms with Crippen molar-refractivity contribution in [3.63, 3.8) is 0 Å². The first kappa shape index (κ1) is 21.8. The van der Waals surface area contributed by atoms with E-state index in [1.165, 1.54) is 82.0 Å². The summed E-state index contributed by atoms with van der Waals surface area (Å²) in [5.41, 5.74) is 10.1. The maximum absolute atomic E-state index is 2.44. The first-order chi connectivity index (χ1) is 14.9. The van der Waals surface area contributed by atoms with E-state index in [0.717, 1.165) is 6.42 Å². The van der Waals surface area contributed by atoms with Crippen LogP contribution in [0.3, 0.4) is 0 Å². The molecule has 1 aliphatic rings. The highest BCUT2D eigenvalue weighted by Crippen LogP contribution is 2.52. The summed E-state index contributed by atoms with van der Waals surface area (Å²) in [6.45, 7) is 11.7. The number of benzene rings is 2. The third-order valence-corrected chi connectivity index (χ3v) is 7.24. The highest BCUT2D eigenvalue weighted by Gasteiger charge is 2.41. The van der Waals surface area contributed by atoms with E-state index >= 15 is 0 Å². The van der Waals surface area contributed by atoms with Gasteiger partial charge in [0.15, 0.2) is 6.20 Å². The number of allylic oxidation sites excluding steroid dienone is 2. The molecule has 162 valence electrons. The van der Waals surface area contributed by atoms with Crippen molar-refractivity contribution < 1.29 is 4.57 Å². The Balaban J connectivity index is 1.87. The van der Waals surface area contributed by atoms with E-state index in [-0.39, 0.29) is 5.41 Å². The van der Waals surface area contributed by atoms with Crippen molar-refractivity contribution in [2.75, 3.05) is 0 Å². The van der Waals surface area contributed by atoms with E-state index in [0.29, 0.717) is 0 Å². The lowest BCUT2D eigenvalue weighted by atomic mass is 9.79.